The van der Waals surface area contributed by atoms with Crippen molar-refractivity contribution in [3.05, 3.63) is 66.0 Å². The molecule has 0 aliphatic carbocycles. The lowest BCUT2D eigenvalue weighted by atomic mass is 10.1. The van der Waals surface area contributed by atoms with Crippen molar-refractivity contribution >= 4 is 27.2 Å². The summed E-state index contributed by atoms with van der Waals surface area (Å²) >= 11 is 0. The van der Waals surface area contributed by atoms with Gasteiger partial charge in [0.1, 0.15) is 5.82 Å². The molecule has 0 aromatic heterocycles. The molecule has 0 aliphatic rings. The maximum atomic E-state index is 13.7. The second-order valence-corrected chi connectivity index (χ2v) is 7.95. The first kappa shape index (κ1) is 19.8. The highest BCUT2D eigenvalue weighted by atomic mass is 32.2. The van der Waals surface area contributed by atoms with E-state index in [-0.39, 0.29) is 16.5 Å². The largest absolute Gasteiger partial charge is 0.322 e. The molecule has 0 bridgehead atoms. The highest BCUT2D eigenvalue weighted by Crippen LogP contribution is 2.21. The predicted octanol–water partition coefficient (Wildman–Crippen LogP) is 3.80. The highest BCUT2D eigenvalue weighted by Gasteiger charge is 2.17. The zero-order valence-electron chi connectivity index (χ0n) is 14.8. The summed E-state index contributed by atoms with van der Waals surface area (Å²) in [5.74, 6) is -0.922. The third kappa shape index (κ3) is 4.77. The fourth-order valence-electron chi connectivity index (χ4n) is 2.32. The molecule has 0 fully saturated rings. The predicted molar refractivity (Wildman–Crippen MR) is 101 cm³/mol. The van der Waals surface area contributed by atoms with E-state index < -0.39 is 21.7 Å². The van der Waals surface area contributed by atoms with Gasteiger partial charge in [-0.2, -0.15) is 0 Å². The molecule has 2 N–H and O–H groups in total. The van der Waals surface area contributed by atoms with Gasteiger partial charge in [-0.3, -0.25) is 4.79 Å². The van der Waals surface area contributed by atoms with Gasteiger partial charge in [0, 0.05) is 22.9 Å². The summed E-state index contributed by atoms with van der Waals surface area (Å²) in [7, 11) is -3.70. The summed E-state index contributed by atoms with van der Waals surface area (Å²) in [6.45, 7) is 8.79. The van der Waals surface area contributed by atoms with Crippen LogP contribution in [0, 0.1) is 5.82 Å². The molecule has 0 heterocycles. The Kier molecular flexibility index (Phi) is 5.94. The number of carbonyl (C=O) groups is 1. The van der Waals surface area contributed by atoms with E-state index in [1.807, 2.05) is 0 Å². The van der Waals surface area contributed by atoms with Crippen molar-refractivity contribution in [3.63, 3.8) is 0 Å². The number of amides is 1. The Labute approximate surface area is 153 Å². The first-order valence-electron chi connectivity index (χ1n) is 7.99. The number of anilines is 1. The second kappa shape index (κ2) is 7.80. The van der Waals surface area contributed by atoms with Crippen LogP contribution in [0.15, 0.2) is 53.9 Å². The molecule has 0 radical (unpaired) electrons. The Morgan fingerprint density at radius 1 is 1.15 bits per heavy atom. The minimum atomic E-state index is -3.70. The number of rotatable bonds is 6. The summed E-state index contributed by atoms with van der Waals surface area (Å²) in [6, 6.07) is 9.60. The van der Waals surface area contributed by atoms with Crippen LogP contribution in [0.5, 0.6) is 0 Å². The molecule has 5 nitrogen and oxygen atoms in total. The molecule has 2 aromatic carbocycles. The fourth-order valence-corrected chi connectivity index (χ4v) is 3.61. The van der Waals surface area contributed by atoms with Crippen LogP contribution in [0.2, 0.25) is 0 Å². The van der Waals surface area contributed by atoms with Crippen LogP contribution >= 0.6 is 0 Å². The van der Waals surface area contributed by atoms with Crippen LogP contribution in [-0.2, 0) is 10.0 Å². The van der Waals surface area contributed by atoms with Gasteiger partial charge < -0.3 is 5.32 Å². The van der Waals surface area contributed by atoms with Gasteiger partial charge in [-0.15, -0.1) is 0 Å². The molecule has 2 aromatic rings. The van der Waals surface area contributed by atoms with Crippen molar-refractivity contribution < 1.29 is 17.6 Å². The smallest absolute Gasteiger partial charge is 0.255 e. The summed E-state index contributed by atoms with van der Waals surface area (Å²) in [5.41, 5.74) is 1.41. The van der Waals surface area contributed by atoms with Crippen LogP contribution in [0.1, 0.15) is 36.7 Å². The van der Waals surface area contributed by atoms with E-state index in [9.17, 15) is 17.6 Å². The number of halogens is 1. The molecule has 0 spiro atoms. The average Bonchev–Trinajstić information content (AvgIpc) is 2.55. The maximum absolute atomic E-state index is 13.7. The summed E-state index contributed by atoms with van der Waals surface area (Å²) < 4.78 is 40.7. The number of allylic oxidation sites excluding steroid dienone is 1. The number of carbonyl (C=O) groups excluding carboxylic acids is 1. The minimum absolute atomic E-state index is 0.000538. The van der Waals surface area contributed by atoms with Gasteiger partial charge >= 0.3 is 0 Å². The van der Waals surface area contributed by atoms with Gasteiger partial charge in [0.05, 0.1) is 4.90 Å². The lowest BCUT2D eigenvalue weighted by molar-refractivity contribution is 0.102. The van der Waals surface area contributed by atoms with Gasteiger partial charge in [-0.05, 0) is 62.7 Å². The molecule has 26 heavy (non-hydrogen) atoms. The Morgan fingerprint density at radius 2 is 1.85 bits per heavy atom. The van der Waals surface area contributed by atoms with Crippen molar-refractivity contribution in [2.45, 2.75) is 31.7 Å². The average molecular weight is 376 g/mol. The Morgan fingerprint density at radius 3 is 2.46 bits per heavy atom. The van der Waals surface area contributed by atoms with Crippen LogP contribution in [-0.4, -0.2) is 20.4 Å². The molecular formula is C19H21FN2O3S. The Balaban J connectivity index is 2.27. The van der Waals surface area contributed by atoms with Gasteiger partial charge in [0.2, 0.25) is 10.0 Å². The molecule has 2 rings (SSSR count). The van der Waals surface area contributed by atoms with E-state index in [1.54, 1.807) is 20.8 Å². The van der Waals surface area contributed by atoms with Crippen molar-refractivity contribution in [1.82, 2.24) is 4.72 Å². The quantitative estimate of drug-likeness (QED) is 0.805. The standard InChI is InChI=1S/C19H21FN2O3S/c1-12(2)17-11-15(8-9-18(17)20)21-19(23)14-6-5-7-16(10-14)26(24,25)22-13(3)4/h5-11,13,22H,1H2,2-4H3,(H,21,23). The van der Waals surface area contributed by atoms with Crippen molar-refractivity contribution in [2.24, 2.45) is 0 Å². The van der Waals surface area contributed by atoms with E-state index in [4.69, 9.17) is 0 Å². The van der Waals surface area contributed by atoms with E-state index in [1.165, 1.54) is 42.5 Å². The number of sulfonamides is 1. The molecule has 1 amide bonds. The third-order valence-corrected chi connectivity index (χ3v) is 5.14. The minimum Gasteiger partial charge on any atom is -0.322 e. The van der Waals surface area contributed by atoms with E-state index in [0.29, 0.717) is 16.8 Å². The SMILES string of the molecule is C=C(C)c1cc(NC(=O)c2cccc(S(=O)(=O)NC(C)C)c2)ccc1F. The third-order valence-electron chi connectivity index (χ3n) is 3.48. The van der Waals surface area contributed by atoms with Crippen LogP contribution < -0.4 is 10.0 Å². The number of hydrogen-bond donors (Lipinski definition) is 2. The first-order chi connectivity index (χ1) is 12.1. The Hall–Kier alpha value is -2.51. The molecule has 138 valence electrons. The van der Waals surface area contributed by atoms with Crippen LogP contribution in [0.3, 0.4) is 0 Å². The molecule has 7 heteroatoms. The van der Waals surface area contributed by atoms with E-state index in [0.717, 1.165) is 0 Å². The lowest BCUT2D eigenvalue weighted by Gasteiger charge is -2.11. The summed E-state index contributed by atoms with van der Waals surface area (Å²) in [6.07, 6.45) is 0. The van der Waals surface area contributed by atoms with Gasteiger partial charge in [-0.1, -0.05) is 12.6 Å². The molecule has 0 unspecified atom stereocenters. The lowest BCUT2D eigenvalue weighted by Crippen LogP contribution is -2.30. The van der Waals surface area contributed by atoms with Crippen molar-refractivity contribution in [1.29, 1.82) is 0 Å². The van der Waals surface area contributed by atoms with Crippen molar-refractivity contribution in [2.75, 3.05) is 5.32 Å². The van der Waals surface area contributed by atoms with Gasteiger partial charge in [0.25, 0.3) is 5.91 Å². The second-order valence-electron chi connectivity index (χ2n) is 6.23. The molecule has 0 saturated carbocycles. The molecule has 0 atom stereocenters. The number of nitrogens with one attached hydrogen (secondary N) is 2. The van der Waals surface area contributed by atoms with Gasteiger partial charge in [-0.25, -0.2) is 17.5 Å². The van der Waals surface area contributed by atoms with Crippen molar-refractivity contribution in [3.8, 4) is 0 Å². The first-order valence-corrected chi connectivity index (χ1v) is 9.47. The molecular weight excluding hydrogens is 355 g/mol. The monoisotopic (exact) mass is 376 g/mol. The topological polar surface area (TPSA) is 75.3 Å². The fraction of sp³-hybridized carbons (Fsp3) is 0.211. The normalized spacial score (nSPS) is 11.4. The zero-order chi connectivity index (χ0) is 19.5. The zero-order valence-corrected chi connectivity index (χ0v) is 15.7. The number of hydrogen-bond acceptors (Lipinski definition) is 3. The Bertz CT molecular complexity index is 953. The van der Waals surface area contributed by atoms with Crippen LogP contribution in [0.25, 0.3) is 5.57 Å². The van der Waals surface area contributed by atoms with E-state index >= 15 is 0 Å². The molecule has 0 aliphatic heterocycles. The van der Waals surface area contributed by atoms with Crippen LogP contribution in [0.4, 0.5) is 10.1 Å². The highest BCUT2D eigenvalue weighted by molar-refractivity contribution is 7.89. The number of benzene rings is 2. The summed E-state index contributed by atoms with van der Waals surface area (Å²) in [5, 5.41) is 2.64. The van der Waals surface area contributed by atoms with E-state index in [2.05, 4.69) is 16.6 Å². The summed E-state index contributed by atoms with van der Waals surface area (Å²) in [4.78, 5) is 12.4. The maximum Gasteiger partial charge on any atom is 0.255 e. The molecule has 0 saturated heterocycles. The van der Waals surface area contributed by atoms with Gasteiger partial charge in [0.15, 0.2) is 0 Å².